The molecule has 84 valence electrons. The van der Waals surface area contributed by atoms with Crippen LogP contribution in [0.4, 0.5) is 0 Å². The molecule has 0 rings (SSSR count). The van der Waals surface area contributed by atoms with Crippen molar-refractivity contribution < 1.29 is 24.0 Å². The molecule has 1 unspecified atom stereocenters. The van der Waals surface area contributed by atoms with E-state index in [0.717, 1.165) is 0 Å². The number of hydrogen-bond donors (Lipinski definition) is 2. The summed E-state index contributed by atoms with van der Waals surface area (Å²) in [5, 5.41) is 9.43. The second-order valence-electron chi connectivity index (χ2n) is 2.77. The van der Waals surface area contributed by atoms with Crippen LogP contribution in [-0.4, -0.2) is 40.4 Å². The minimum Gasteiger partial charge on any atom is -0.324 e. The first-order chi connectivity index (χ1) is 6.39. The number of nitrogens with zero attached hydrogens (tertiary/aromatic N) is 1. The molecule has 0 aliphatic heterocycles. The summed E-state index contributed by atoms with van der Waals surface area (Å²) < 4.78 is 15.7. The highest BCUT2D eigenvalue weighted by Crippen LogP contribution is 2.41. The number of carbonyl (C=O) groups is 1. The van der Waals surface area contributed by atoms with Gasteiger partial charge in [0.2, 0.25) is 5.91 Å². The number of amides is 1. The Bertz CT molecular complexity index is 232. The van der Waals surface area contributed by atoms with Crippen molar-refractivity contribution in [2.24, 2.45) is 0 Å². The van der Waals surface area contributed by atoms with Crippen LogP contribution in [0.2, 0.25) is 0 Å². The van der Waals surface area contributed by atoms with Gasteiger partial charge in [0.1, 0.15) is 0 Å². The molecule has 1 atom stereocenters. The van der Waals surface area contributed by atoms with Crippen LogP contribution in [0.3, 0.4) is 0 Å². The molecule has 0 saturated heterocycles. The van der Waals surface area contributed by atoms with Gasteiger partial charge in [-0.25, -0.2) is 5.06 Å². The predicted molar refractivity (Wildman–Crippen MR) is 50.1 cm³/mol. The predicted octanol–water partition coefficient (Wildman–Crippen LogP) is 0.836. The van der Waals surface area contributed by atoms with E-state index in [9.17, 15) is 9.36 Å². The van der Waals surface area contributed by atoms with Gasteiger partial charge >= 0.3 is 7.60 Å². The summed E-state index contributed by atoms with van der Waals surface area (Å²) >= 11 is 0. The molecule has 0 heterocycles. The maximum Gasteiger partial charge on any atom is 0.328 e. The Labute approximate surface area is 83.0 Å². The third-order valence-electron chi connectivity index (χ3n) is 1.50. The molecule has 0 saturated carbocycles. The van der Waals surface area contributed by atoms with Gasteiger partial charge in [0, 0.05) is 13.5 Å². The van der Waals surface area contributed by atoms with Gasteiger partial charge in [-0.2, -0.15) is 0 Å². The van der Waals surface area contributed by atoms with E-state index in [4.69, 9.17) is 10.1 Å². The molecule has 7 heteroatoms. The highest BCUT2D eigenvalue weighted by molar-refractivity contribution is 7.52. The summed E-state index contributed by atoms with van der Waals surface area (Å²) in [5.74, 6) is -0.491. The van der Waals surface area contributed by atoms with Crippen molar-refractivity contribution in [3.8, 4) is 0 Å². The summed E-state index contributed by atoms with van der Waals surface area (Å²) in [6, 6.07) is 0. The van der Waals surface area contributed by atoms with Crippen molar-refractivity contribution in [1.82, 2.24) is 5.06 Å². The summed E-state index contributed by atoms with van der Waals surface area (Å²) in [6.45, 7) is 3.04. The first-order valence-electron chi connectivity index (χ1n) is 4.32. The summed E-state index contributed by atoms with van der Waals surface area (Å²) in [4.78, 5) is 19.7. The molecule has 2 N–H and O–H groups in total. The minimum absolute atomic E-state index is 0.0347. The minimum atomic E-state index is -3.53. The van der Waals surface area contributed by atoms with Crippen LogP contribution in [0, 0.1) is 0 Å². The van der Waals surface area contributed by atoms with Gasteiger partial charge in [0.15, 0.2) is 0 Å². The largest absolute Gasteiger partial charge is 0.328 e. The molecule has 14 heavy (non-hydrogen) atoms. The number of hydroxylamine groups is 2. The first-order valence-corrected chi connectivity index (χ1v) is 6.08. The van der Waals surface area contributed by atoms with Crippen LogP contribution in [0.15, 0.2) is 0 Å². The van der Waals surface area contributed by atoms with Crippen molar-refractivity contribution >= 4 is 13.5 Å². The quantitative estimate of drug-likeness (QED) is 0.397. The van der Waals surface area contributed by atoms with E-state index in [0.29, 0.717) is 5.06 Å². The zero-order valence-electron chi connectivity index (χ0n) is 8.34. The monoisotopic (exact) mass is 225 g/mol. The van der Waals surface area contributed by atoms with E-state index in [1.165, 1.54) is 6.92 Å². The zero-order valence-corrected chi connectivity index (χ0v) is 9.24. The Balaban J connectivity index is 3.73. The Hall–Kier alpha value is -0.420. The smallest absolute Gasteiger partial charge is 0.324 e. The normalized spacial score (nSPS) is 14.9. The van der Waals surface area contributed by atoms with Gasteiger partial charge in [-0.1, -0.05) is 0 Å². The average Bonchev–Trinajstić information content (AvgIpc) is 2.03. The first kappa shape index (κ1) is 13.6. The molecule has 0 fully saturated rings. The van der Waals surface area contributed by atoms with Crippen molar-refractivity contribution in [3.05, 3.63) is 0 Å². The lowest BCUT2D eigenvalue weighted by Gasteiger charge is -2.14. The van der Waals surface area contributed by atoms with E-state index < -0.39 is 13.5 Å². The lowest BCUT2D eigenvalue weighted by molar-refractivity contribution is -0.162. The summed E-state index contributed by atoms with van der Waals surface area (Å²) in [6.07, 6.45) is 0.162. The van der Waals surface area contributed by atoms with Crippen LogP contribution in [0.1, 0.15) is 20.3 Å². The maximum absolute atomic E-state index is 11.1. The second-order valence-corrected chi connectivity index (χ2v) is 4.75. The molecule has 0 aliphatic rings. The number of hydrogen-bond acceptors (Lipinski definition) is 4. The van der Waals surface area contributed by atoms with Crippen molar-refractivity contribution in [2.45, 2.75) is 20.3 Å². The molecule has 0 aromatic carbocycles. The summed E-state index contributed by atoms with van der Waals surface area (Å²) in [7, 11) is -3.53. The van der Waals surface area contributed by atoms with Crippen LogP contribution < -0.4 is 0 Å². The van der Waals surface area contributed by atoms with Gasteiger partial charge in [-0.05, 0) is 13.3 Å². The molecule has 0 radical (unpaired) electrons. The molecule has 1 amide bonds. The standard InChI is InChI=1S/C7H16NO5P/c1-3-13-14(11,12)6-4-5-8(10)7(2)9/h10H,3-6H2,1-2H3,(H,11,12). The van der Waals surface area contributed by atoms with Crippen LogP contribution in [-0.2, 0) is 13.9 Å². The Morgan fingerprint density at radius 1 is 1.57 bits per heavy atom. The topological polar surface area (TPSA) is 87.1 Å². The van der Waals surface area contributed by atoms with Gasteiger partial charge in [0.05, 0.1) is 12.8 Å². The highest BCUT2D eigenvalue weighted by Gasteiger charge is 2.18. The van der Waals surface area contributed by atoms with Crippen LogP contribution >= 0.6 is 7.60 Å². The maximum atomic E-state index is 11.1. The SMILES string of the molecule is CCOP(=O)(O)CCCN(O)C(C)=O. The van der Waals surface area contributed by atoms with Crippen molar-refractivity contribution in [2.75, 3.05) is 19.3 Å². The van der Waals surface area contributed by atoms with E-state index in [1.54, 1.807) is 6.92 Å². The lowest BCUT2D eigenvalue weighted by Crippen LogP contribution is -2.26. The number of carbonyl (C=O) groups excluding carboxylic acids is 1. The van der Waals surface area contributed by atoms with E-state index >= 15 is 0 Å². The fourth-order valence-electron chi connectivity index (χ4n) is 0.844. The third-order valence-corrected chi connectivity index (χ3v) is 3.05. The van der Waals surface area contributed by atoms with Crippen molar-refractivity contribution in [1.29, 1.82) is 0 Å². The molecule has 0 aromatic heterocycles. The molecular weight excluding hydrogens is 209 g/mol. The molecule has 0 aromatic rings. The Morgan fingerprint density at radius 3 is 2.57 bits per heavy atom. The molecule has 6 nitrogen and oxygen atoms in total. The molecule has 0 spiro atoms. The van der Waals surface area contributed by atoms with Gasteiger partial charge in [-0.15, -0.1) is 0 Å². The van der Waals surface area contributed by atoms with Gasteiger partial charge < -0.3 is 9.42 Å². The molecular formula is C7H16NO5P. The Kier molecular flexibility index (Phi) is 5.95. The van der Waals surface area contributed by atoms with Crippen molar-refractivity contribution in [3.63, 3.8) is 0 Å². The zero-order chi connectivity index (χ0) is 11.2. The van der Waals surface area contributed by atoms with E-state index in [2.05, 4.69) is 4.52 Å². The third kappa shape index (κ3) is 6.10. The lowest BCUT2D eigenvalue weighted by atomic mass is 10.4. The van der Waals surface area contributed by atoms with Crippen LogP contribution in [0.25, 0.3) is 0 Å². The fourth-order valence-corrected chi connectivity index (χ4v) is 1.92. The average molecular weight is 225 g/mol. The second kappa shape index (κ2) is 6.14. The Morgan fingerprint density at radius 2 is 2.14 bits per heavy atom. The molecule has 0 aliphatic carbocycles. The molecule has 0 bridgehead atoms. The highest BCUT2D eigenvalue weighted by atomic mass is 31.2. The fraction of sp³-hybridized carbons (Fsp3) is 0.857. The van der Waals surface area contributed by atoms with Crippen LogP contribution in [0.5, 0.6) is 0 Å². The van der Waals surface area contributed by atoms with Gasteiger partial charge in [-0.3, -0.25) is 14.6 Å². The summed E-state index contributed by atoms with van der Waals surface area (Å²) in [5.41, 5.74) is 0. The van der Waals surface area contributed by atoms with Gasteiger partial charge in [0.25, 0.3) is 0 Å². The van der Waals surface area contributed by atoms with E-state index in [1.807, 2.05) is 0 Å². The van der Waals surface area contributed by atoms with E-state index in [-0.39, 0.29) is 25.7 Å². The number of rotatable bonds is 6.